The van der Waals surface area contributed by atoms with Gasteiger partial charge in [-0.05, 0) is 12.8 Å². The molecule has 0 aromatic heterocycles. The van der Waals surface area contributed by atoms with Crippen molar-refractivity contribution in [3.05, 3.63) is 0 Å². The van der Waals surface area contributed by atoms with Gasteiger partial charge in [0, 0.05) is 12.8 Å². The zero-order valence-electron chi connectivity index (χ0n) is 33.0. The number of unbranched alkanes of at least 4 members (excludes halogenated alkanes) is 36. The monoisotopic (exact) mass is 747 g/mol. The molecule has 0 aromatic carbocycles. The first kappa shape index (κ1) is 57.9. The van der Waals surface area contributed by atoms with Gasteiger partial charge in [0.2, 0.25) is 0 Å². The average molecular weight is 747 g/mol. The summed E-state index contributed by atoms with van der Waals surface area (Å²) in [4.78, 5) is 20.8. The molecule has 4 nitrogen and oxygen atoms in total. The van der Waals surface area contributed by atoms with Gasteiger partial charge >= 0.3 is 79.2 Å². The Morgan fingerprint density at radius 1 is 0.280 bits per heavy atom. The van der Waals surface area contributed by atoms with E-state index in [4.69, 9.17) is 10.2 Å². The summed E-state index contributed by atoms with van der Waals surface area (Å²) >= 11 is 0. The van der Waals surface area contributed by atoms with Crippen LogP contribution in [0.25, 0.3) is 0 Å². The fraction of sp³-hybridized carbons (Fsp3) is 0.955. The third-order valence-corrected chi connectivity index (χ3v) is 9.99. The predicted molar refractivity (Wildman–Crippen MR) is 227 cm³/mol. The van der Waals surface area contributed by atoms with Gasteiger partial charge in [-0.15, -0.1) is 0 Å². The van der Waals surface area contributed by atoms with Crippen molar-refractivity contribution in [3.63, 3.8) is 0 Å². The van der Waals surface area contributed by atoms with Gasteiger partial charge in [-0.25, -0.2) is 0 Å². The SMILES string of the molecule is CCCCCCCCCCCCCCCCCCCCCC(=O)O.CCCCCCCCCCCCCCCCCCCCCC(=O)O.[CaH2].[NaH]. The number of carboxylic acid groups (broad SMARTS) is 2. The molecular weight excluding hydrogens is 656 g/mol. The maximum absolute atomic E-state index is 10.4. The van der Waals surface area contributed by atoms with E-state index in [-0.39, 0.29) is 67.3 Å². The van der Waals surface area contributed by atoms with E-state index in [0.29, 0.717) is 12.8 Å². The standard InChI is InChI=1S/2C22H44O2.Ca.Na.3H/c2*1-2-3-4-5-6-7-8-9-10-11-12-13-14-15-16-17-18-19-20-21-22(23)24;;;;;/h2*2-21H2,1H3,(H,23,24);;;;;. The van der Waals surface area contributed by atoms with Gasteiger partial charge in [0.15, 0.2) is 0 Å². The summed E-state index contributed by atoms with van der Waals surface area (Å²) in [7, 11) is 0. The number of hydrogen-bond acceptors (Lipinski definition) is 2. The molecule has 0 saturated heterocycles. The van der Waals surface area contributed by atoms with Crippen molar-refractivity contribution in [2.24, 2.45) is 0 Å². The molecule has 0 unspecified atom stereocenters. The van der Waals surface area contributed by atoms with E-state index in [0.717, 1.165) is 25.7 Å². The van der Waals surface area contributed by atoms with Crippen LogP contribution in [0.3, 0.4) is 0 Å². The van der Waals surface area contributed by atoms with Crippen molar-refractivity contribution in [1.29, 1.82) is 0 Å². The van der Waals surface area contributed by atoms with E-state index in [2.05, 4.69) is 13.8 Å². The molecule has 0 rings (SSSR count). The second-order valence-electron chi connectivity index (χ2n) is 15.0. The zero-order valence-corrected chi connectivity index (χ0v) is 33.0. The van der Waals surface area contributed by atoms with Crippen molar-refractivity contribution >= 4 is 79.2 Å². The van der Waals surface area contributed by atoms with Gasteiger partial charge in [0.1, 0.15) is 0 Å². The Balaban J connectivity index is -0.000000407. The summed E-state index contributed by atoms with van der Waals surface area (Å²) in [6.07, 6.45) is 52.2. The van der Waals surface area contributed by atoms with E-state index >= 15 is 0 Å². The third-order valence-electron chi connectivity index (χ3n) is 9.99. The molecule has 50 heavy (non-hydrogen) atoms. The van der Waals surface area contributed by atoms with Crippen molar-refractivity contribution in [2.45, 2.75) is 271 Å². The van der Waals surface area contributed by atoms with Crippen molar-refractivity contribution in [2.75, 3.05) is 0 Å². The Labute approximate surface area is 366 Å². The molecule has 0 aromatic rings. The molecule has 0 aliphatic rings. The summed E-state index contributed by atoms with van der Waals surface area (Å²) in [6.45, 7) is 4.57. The molecule has 2 N–H and O–H groups in total. The molecule has 0 atom stereocenters. The maximum atomic E-state index is 10.4. The number of aliphatic carboxylic acids is 2. The first-order valence-corrected chi connectivity index (χ1v) is 22.0. The second kappa shape index (κ2) is 54.5. The Morgan fingerprint density at radius 3 is 0.520 bits per heavy atom. The van der Waals surface area contributed by atoms with Crippen LogP contribution in [0.15, 0.2) is 0 Å². The van der Waals surface area contributed by atoms with Crippen LogP contribution in [0, 0.1) is 0 Å². The molecule has 0 heterocycles. The van der Waals surface area contributed by atoms with Gasteiger partial charge in [-0.2, -0.15) is 0 Å². The van der Waals surface area contributed by atoms with Gasteiger partial charge in [-0.1, -0.05) is 245 Å². The Kier molecular flexibility index (Phi) is 63.2. The minimum atomic E-state index is -0.651. The summed E-state index contributed by atoms with van der Waals surface area (Å²) in [5.74, 6) is -1.30. The Morgan fingerprint density at radius 2 is 0.400 bits per heavy atom. The number of rotatable bonds is 40. The summed E-state index contributed by atoms with van der Waals surface area (Å²) in [5, 5.41) is 17.1. The molecule has 0 fully saturated rings. The predicted octanol–water partition coefficient (Wildman–Crippen LogP) is 14.2. The number of hydrogen-bond donors (Lipinski definition) is 2. The van der Waals surface area contributed by atoms with Crippen LogP contribution in [-0.2, 0) is 9.59 Å². The van der Waals surface area contributed by atoms with Crippen molar-refractivity contribution in [1.82, 2.24) is 0 Å². The second-order valence-corrected chi connectivity index (χ2v) is 15.0. The average Bonchev–Trinajstić information content (AvgIpc) is 3.07. The van der Waals surface area contributed by atoms with Crippen LogP contribution in [0.1, 0.15) is 271 Å². The first-order valence-electron chi connectivity index (χ1n) is 22.0. The summed E-state index contributed by atoms with van der Waals surface area (Å²) in [5.41, 5.74) is 0. The zero-order chi connectivity index (χ0) is 35.4. The van der Waals surface area contributed by atoms with Crippen LogP contribution in [-0.4, -0.2) is 89.4 Å². The van der Waals surface area contributed by atoms with Gasteiger partial charge in [0.05, 0.1) is 0 Å². The number of carbonyl (C=O) groups is 2. The molecular formula is C44H91CaNaO4. The van der Waals surface area contributed by atoms with E-state index in [1.54, 1.807) is 0 Å². The van der Waals surface area contributed by atoms with Crippen LogP contribution in [0.2, 0.25) is 0 Å². The molecule has 0 aliphatic heterocycles. The van der Waals surface area contributed by atoms with E-state index in [1.807, 2.05) is 0 Å². The van der Waals surface area contributed by atoms with Crippen molar-refractivity contribution < 1.29 is 19.8 Å². The van der Waals surface area contributed by atoms with Crippen LogP contribution >= 0.6 is 0 Å². The minimum absolute atomic E-state index is 0. The van der Waals surface area contributed by atoms with Gasteiger partial charge < -0.3 is 10.2 Å². The Bertz CT molecular complexity index is 567. The Hall–Kier alpha value is 1.20. The van der Waals surface area contributed by atoms with E-state index in [9.17, 15) is 9.59 Å². The molecule has 0 amide bonds. The first-order chi connectivity index (χ1) is 23.5. The fourth-order valence-corrected chi connectivity index (χ4v) is 6.71. The fourth-order valence-electron chi connectivity index (χ4n) is 6.71. The van der Waals surface area contributed by atoms with E-state index in [1.165, 1.54) is 218 Å². The molecule has 0 bridgehead atoms. The molecule has 0 radical (unpaired) electrons. The summed E-state index contributed by atoms with van der Waals surface area (Å²) < 4.78 is 0. The van der Waals surface area contributed by atoms with Crippen molar-refractivity contribution in [3.8, 4) is 0 Å². The topological polar surface area (TPSA) is 74.6 Å². The molecule has 294 valence electrons. The van der Waals surface area contributed by atoms with Crippen LogP contribution < -0.4 is 0 Å². The normalized spacial score (nSPS) is 10.6. The van der Waals surface area contributed by atoms with Crippen LogP contribution in [0.5, 0.6) is 0 Å². The molecule has 6 heteroatoms. The quantitative estimate of drug-likeness (QED) is 0.0484. The molecule has 0 saturated carbocycles. The van der Waals surface area contributed by atoms with E-state index < -0.39 is 11.9 Å². The van der Waals surface area contributed by atoms with Gasteiger partial charge in [0.25, 0.3) is 0 Å². The summed E-state index contributed by atoms with van der Waals surface area (Å²) in [6, 6.07) is 0. The number of carboxylic acids is 2. The molecule has 0 aliphatic carbocycles. The van der Waals surface area contributed by atoms with Gasteiger partial charge in [-0.3, -0.25) is 9.59 Å². The van der Waals surface area contributed by atoms with Crippen LogP contribution in [0.4, 0.5) is 0 Å². The third kappa shape index (κ3) is 61.2. The molecule has 0 spiro atoms.